The van der Waals surface area contributed by atoms with Crippen LogP contribution in [0.15, 0.2) is 29.3 Å². The number of methoxy groups -OCH3 is 1. The van der Waals surface area contributed by atoms with Crippen LogP contribution in [0.2, 0.25) is 0 Å². The molecule has 1 aliphatic rings. The van der Waals surface area contributed by atoms with Crippen LogP contribution in [0.25, 0.3) is 0 Å². The van der Waals surface area contributed by atoms with Crippen LogP contribution >= 0.6 is 24.0 Å². The van der Waals surface area contributed by atoms with E-state index in [2.05, 4.69) is 15.2 Å². The van der Waals surface area contributed by atoms with Crippen molar-refractivity contribution in [1.29, 1.82) is 0 Å². The number of rotatable bonds is 9. The lowest BCUT2D eigenvalue weighted by Crippen LogP contribution is -2.47. The Morgan fingerprint density at radius 2 is 1.93 bits per heavy atom. The third-order valence-electron chi connectivity index (χ3n) is 4.61. The Bertz CT molecular complexity index is 639. The Hall–Kier alpha value is -1.27. The maximum atomic E-state index is 12.7. The van der Waals surface area contributed by atoms with Gasteiger partial charge in [0.15, 0.2) is 5.96 Å². The van der Waals surface area contributed by atoms with Crippen LogP contribution in [0.4, 0.5) is 13.2 Å². The molecule has 0 aliphatic carbocycles. The fraction of sp³-hybridized carbons (Fsp3) is 0.650. The molecule has 0 spiro atoms. The van der Waals surface area contributed by atoms with Crippen molar-refractivity contribution < 1.29 is 27.4 Å². The molecule has 172 valence electrons. The van der Waals surface area contributed by atoms with Gasteiger partial charge >= 0.3 is 6.18 Å². The van der Waals surface area contributed by atoms with Crippen molar-refractivity contribution in [3.05, 3.63) is 29.8 Å². The van der Waals surface area contributed by atoms with Crippen LogP contribution in [0.3, 0.4) is 0 Å². The minimum absolute atomic E-state index is 0. The second-order valence-corrected chi connectivity index (χ2v) is 6.75. The summed E-state index contributed by atoms with van der Waals surface area (Å²) in [6.07, 6.45) is -1.38. The molecule has 1 saturated heterocycles. The number of nitrogens with one attached hydrogen (secondary N) is 1. The summed E-state index contributed by atoms with van der Waals surface area (Å²) >= 11 is 0. The molecule has 30 heavy (non-hydrogen) atoms. The molecule has 6 nitrogen and oxygen atoms in total. The van der Waals surface area contributed by atoms with Crippen LogP contribution < -0.4 is 10.1 Å². The number of benzene rings is 1. The number of ether oxygens (including phenoxy) is 3. The Morgan fingerprint density at radius 1 is 1.20 bits per heavy atom. The van der Waals surface area contributed by atoms with Gasteiger partial charge in [-0.3, -0.25) is 4.99 Å². The second kappa shape index (κ2) is 13.9. The summed E-state index contributed by atoms with van der Waals surface area (Å²) in [6.45, 7) is 3.76. The normalized spacial score (nSPS) is 15.6. The molecule has 0 unspecified atom stereocenters. The molecule has 1 fully saturated rings. The van der Waals surface area contributed by atoms with Gasteiger partial charge < -0.3 is 24.4 Å². The molecule has 2 rings (SSSR count). The summed E-state index contributed by atoms with van der Waals surface area (Å²) in [5.74, 6) is 0.957. The molecule has 0 amide bonds. The number of guanidine groups is 1. The van der Waals surface area contributed by atoms with Crippen molar-refractivity contribution in [2.75, 3.05) is 53.6 Å². The SMILES string of the molecule is CN=C(NCCOc1cccc(C(F)(F)F)c1)N1CCC(OCCCOC)CC1.I. The standard InChI is InChI=1S/C20H30F3N3O3.HI/c1-24-19(26-10-7-17(8-11-26)28-13-4-12-27-2)25-9-14-29-18-6-3-5-16(15-18)20(21,22)23;/h3,5-6,15,17H,4,7-14H2,1-2H3,(H,24,25);1H. The van der Waals surface area contributed by atoms with Crippen LogP contribution in [-0.4, -0.2) is 70.6 Å². The maximum Gasteiger partial charge on any atom is 0.416 e. The van der Waals surface area contributed by atoms with Crippen LogP contribution in [0.5, 0.6) is 5.75 Å². The molecule has 0 aromatic heterocycles. The monoisotopic (exact) mass is 545 g/mol. The van der Waals surface area contributed by atoms with E-state index in [9.17, 15) is 13.2 Å². The van der Waals surface area contributed by atoms with E-state index in [1.165, 1.54) is 12.1 Å². The topological polar surface area (TPSA) is 55.3 Å². The summed E-state index contributed by atoms with van der Waals surface area (Å²) in [5.41, 5.74) is -0.717. The zero-order valence-electron chi connectivity index (χ0n) is 17.4. The maximum absolute atomic E-state index is 12.7. The molecular formula is C20H31F3IN3O3. The molecule has 0 radical (unpaired) electrons. The van der Waals surface area contributed by atoms with E-state index < -0.39 is 11.7 Å². The molecular weight excluding hydrogens is 514 g/mol. The summed E-state index contributed by atoms with van der Waals surface area (Å²) in [7, 11) is 3.39. The molecule has 10 heteroatoms. The highest BCUT2D eigenvalue weighted by molar-refractivity contribution is 14.0. The van der Waals surface area contributed by atoms with Gasteiger partial charge in [0.05, 0.1) is 18.2 Å². The summed E-state index contributed by atoms with van der Waals surface area (Å²) in [5, 5.41) is 3.20. The molecule has 1 N–H and O–H groups in total. The van der Waals surface area contributed by atoms with E-state index >= 15 is 0 Å². The first-order valence-electron chi connectivity index (χ1n) is 9.80. The predicted octanol–water partition coefficient (Wildman–Crippen LogP) is 3.80. The first-order chi connectivity index (χ1) is 13.9. The molecule has 1 aromatic carbocycles. The van der Waals surface area contributed by atoms with Crippen molar-refractivity contribution in [2.24, 2.45) is 4.99 Å². The highest BCUT2D eigenvalue weighted by Crippen LogP contribution is 2.31. The van der Waals surface area contributed by atoms with Crippen molar-refractivity contribution >= 4 is 29.9 Å². The molecule has 1 aromatic rings. The van der Waals surface area contributed by atoms with Gasteiger partial charge in [-0.15, -0.1) is 24.0 Å². The van der Waals surface area contributed by atoms with E-state index in [1.807, 2.05) is 0 Å². The average molecular weight is 545 g/mol. The number of piperidine rings is 1. The van der Waals surface area contributed by atoms with Crippen LogP contribution in [0, 0.1) is 0 Å². The predicted molar refractivity (Wildman–Crippen MR) is 121 cm³/mol. The van der Waals surface area contributed by atoms with E-state index in [-0.39, 0.29) is 42.4 Å². The molecule has 1 aliphatic heterocycles. The summed E-state index contributed by atoms with van der Waals surface area (Å²) < 4.78 is 54.5. The Balaban J connectivity index is 0.00000450. The van der Waals surface area contributed by atoms with Crippen molar-refractivity contribution in [2.45, 2.75) is 31.5 Å². The van der Waals surface area contributed by atoms with Gasteiger partial charge in [0.2, 0.25) is 0 Å². The summed E-state index contributed by atoms with van der Waals surface area (Å²) in [4.78, 5) is 6.44. The van der Waals surface area contributed by atoms with Crippen LogP contribution in [-0.2, 0) is 15.7 Å². The van der Waals surface area contributed by atoms with Gasteiger partial charge in [0, 0.05) is 40.5 Å². The number of nitrogens with zero attached hydrogens (tertiary/aromatic N) is 2. The lowest BCUT2D eigenvalue weighted by atomic mass is 10.1. The molecule has 0 bridgehead atoms. The zero-order valence-corrected chi connectivity index (χ0v) is 19.7. The van der Waals surface area contributed by atoms with E-state index in [0.717, 1.165) is 50.4 Å². The fourth-order valence-corrected chi connectivity index (χ4v) is 3.11. The van der Waals surface area contributed by atoms with Gasteiger partial charge in [-0.2, -0.15) is 13.2 Å². The smallest absolute Gasteiger partial charge is 0.416 e. The first-order valence-corrected chi connectivity index (χ1v) is 9.80. The van der Waals surface area contributed by atoms with Crippen molar-refractivity contribution in [1.82, 2.24) is 10.2 Å². The number of hydrogen-bond acceptors (Lipinski definition) is 4. The van der Waals surface area contributed by atoms with Gasteiger partial charge in [-0.25, -0.2) is 0 Å². The quantitative estimate of drug-likeness (QED) is 0.222. The number of aliphatic imine (C=N–C) groups is 1. The average Bonchev–Trinajstić information content (AvgIpc) is 2.71. The molecule has 0 saturated carbocycles. The third-order valence-corrected chi connectivity index (χ3v) is 4.61. The highest BCUT2D eigenvalue weighted by Gasteiger charge is 2.30. The van der Waals surface area contributed by atoms with Crippen molar-refractivity contribution in [3.8, 4) is 5.75 Å². The molecule has 0 atom stereocenters. The minimum Gasteiger partial charge on any atom is -0.492 e. The number of likely N-dealkylation sites (tertiary alicyclic amines) is 1. The first kappa shape index (κ1) is 26.8. The lowest BCUT2D eigenvalue weighted by Gasteiger charge is -2.34. The third kappa shape index (κ3) is 9.25. The zero-order chi connectivity index (χ0) is 21.1. The van der Waals surface area contributed by atoms with Gasteiger partial charge in [-0.1, -0.05) is 6.07 Å². The van der Waals surface area contributed by atoms with Gasteiger partial charge in [-0.05, 0) is 37.5 Å². The number of halogens is 4. The lowest BCUT2D eigenvalue weighted by molar-refractivity contribution is -0.137. The summed E-state index contributed by atoms with van der Waals surface area (Å²) in [6, 6.07) is 4.89. The Kier molecular flexibility index (Phi) is 12.4. The van der Waals surface area contributed by atoms with Crippen LogP contribution in [0.1, 0.15) is 24.8 Å². The highest BCUT2D eigenvalue weighted by atomic mass is 127. The Labute approximate surface area is 193 Å². The second-order valence-electron chi connectivity index (χ2n) is 6.75. The molecule has 1 heterocycles. The Morgan fingerprint density at radius 3 is 2.57 bits per heavy atom. The van der Waals surface area contributed by atoms with Crippen molar-refractivity contribution in [3.63, 3.8) is 0 Å². The number of hydrogen-bond donors (Lipinski definition) is 1. The van der Waals surface area contributed by atoms with E-state index in [0.29, 0.717) is 19.8 Å². The number of alkyl halides is 3. The van der Waals surface area contributed by atoms with Gasteiger partial charge in [0.25, 0.3) is 0 Å². The largest absolute Gasteiger partial charge is 0.492 e. The van der Waals surface area contributed by atoms with E-state index in [4.69, 9.17) is 14.2 Å². The van der Waals surface area contributed by atoms with Gasteiger partial charge in [0.1, 0.15) is 12.4 Å². The van der Waals surface area contributed by atoms with E-state index in [1.54, 1.807) is 14.2 Å². The minimum atomic E-state index is -4.38. The fourth-order valence-electron chi connectivity index (χ4n) is 3.11.